The largest absolute Gasteiger partial charge is 0.441 e. The van der Waals surface area contributed by atoms with Gasteiger partial charge in [-0.3, -0.25) is 4.90 Å². The van der Waals surface area contributed by atoms with Gasteiger partial charge in [-0.15, -0.1) is 0 Å². The third kappa shape index (κ3) is 6.29. The zero-order valence-electron chi connectivity index (χ0n) is 11.1. The summed E-state index contributed by atoms with van der Waals surface area (Å²) in [6, 6.07) is 0.911. The van der Waals surface area contributed by atoms with Gasteiger partial charge in [-0.2, -0.15) is 13.2 Å². The standard InChI is InChI=1S/C12H23F3N2S/c1-3-5-16-11-4-6-17(10(2)9-11)7-8-18-12(13,14)15/h10-11,16H,3-9H2,1-2H3. The van der Waals surface area contributed by atoms with E-state index in [1.807, 2.05) is 0 Å². The molecule has 1 saturated heterocycles. The van der Waals surface area contributed by atoms with Crippen LogP contribution in [0.15, 0.2) is 0 Å². The van der Waals surface area contributed by atoms with Crippen LogP contribution in [0.5, 0.6) is 0 Å². The smallest absolute Gasteiger partial charge is 0.314 e. The molecule has 0 bridgehead atoms. The van der Waals surface area contributed by atoms with Gasteiger partial charge in [0.05, 0.1) is 0 Å². The molecule has 2 unspecified atom stereocenters. The molecule has 1 aliphatic heterocycles. The van der Waals surface area contributed by atoms with Gasteiger partial charge in [-0.05, 0) is 51.0 Å². The van der Waals surface area contributed by atoms with Crippen molar-refractivity contribution in [1.29, 1.82) is 0 Å². The number of halogens is 3. The highest BCUT2D eigenvalue weighted by molar-refractivity contribution is 8.00. The summed E-state index contributed by atoms with van der Waals surface area (Å²) in [6.45, 7) is 6.71. The van der Waals surface area contributed by atoms with Crippen LogP contribution in [0.2, 0.25) is 0 Å². The number of likely N-dealkylation sites (tertiary alicyclic amines) is 1. The van der Waals surface area contributed by atoms with Crippen LogP contribution >= 0.6 is 11.8 Å². The van der Waals surface area contributed by atoms with E-state index in [-0.39, 0.29) is 17.5 Å². The highest BCUT2D eigenvalue weighted by Crippen LogP contribution is 2.30. The van der Waals surface area contributed by atoms with E-state index in [1.54, 1.807) is 0 Å². The lowest BCUT2D eigenvalue weighted by atomic mass is 9.98. The minimum Gasteiger partial charge on any atom is -0.314 e. The van der Waals surface area contributed by atoms with Crippen molar-refractivity contribution >= 4 is 11.8 Å². The first-order chi connectivity index (χ1) is 8.42. The summed E-state index contributed by atoms with van der Waals surface area (Å²) < 4.78 is 36.1. The SMILES string of the molecule is CCCNC1CCN(CCSC(F)(F)F)C(C)C1. The van der Waals surface area contributed by atoms with Crippen LogP contribution in [-0.4, -0.2) is 47.9 Å². The number of nitrogens with zero attached hydrogens (tertiary/aromatic N) is 1. The second-order valence-corrected chi connectivity index (χ2v) is 6.01. The predicted octanol–water partition coefficient (Wildman–Crippen LogP) is 3.09. The Bertz CT molecular complexity index is 236. The monoisotopic (exact) mass is 284 g/mol. The number of hydrogen-bond acceptors (Lipinski definition) is 3. The van der Waals surface area contributed by atoms with Crippen molar-refractivity contribution < 1.29 is 13.2 Å². The van der Waals surface area contributed by atoms with E-state index < -0.39 is 5.51 Å². The molecule has 1 heterocycles. The van der Waals surface area contributed by atoms with Gasteiger partial charge in [0.15, 0.2) is 0 Å². The third-order valence-corrected chi connectivity index (χ3v) is 4.06. The Kier molecular flexibility index (Phi) is 6.81. The van der Waals surface area contributed by atoms with Gasteiger partial charge < -0.3 is 5.32 Å². The van der Waals surface area contributed by atoms with Gasteiger partial charge in [-0.1, -0.05) is 6.92 Å². The fourth-order valence-corrected chi connectivity index (χ4v) is 2.92. The zero-order valence-corrected chi connectivity index (χ0v) is 11.9. The normalized spacial score (nSPS) is 26.5. The maximum Gasteiger partial charge on any atom is 0.441 e. The topological polar surface area (TPSA) is 15.3 Å². The molecule has 108 valence electrons. The lowest BCUT2D eigenvalue weighted by Crippen LogP contribution is -2.48. The van der Waals surface area contributed by atoms with Crippen LogP contribution < -0.4 is 5.32 Å². The first kappa shape index (κ1) is 16.1. The minimum atomic E-state index is -4.09. The van der Waals surface area contributed by atoms with Crippen LogP contribution in [0, 0.1) is 0 Å². The van der Waals surface area contributed by atoms with Gasteiger partial charge in [0.2, 0.25) is 0 Å². The summed E-state index contributed by atoms with van der Waals surface area (Å²) in [4.78, 5) is 2.17. The van der Waals surface area contributed by atoms with Gasteiger partial charge >= 0.3 is 5.51 Å². The Balaban J connectivity index is 2.21. The van der Waals surface area contributed by atoms with Gasteiger partial charge in [0.25, 0.3) is 0 Å². The molecule has 0 aromatic carbocycles. The molecule has 0 aromatic rings. The van der Waals surface area contributed by atoms with E-state index in [2.05, 4.69) is 24.1 Å². The molecular formula is C12H23F3N2S. The Hall–Kier alpha value is 0.0600. The maximum absolute atomic E-state index is 12.0. The van der Waals surface area contributed by atoms with E-state index in [0.717, 1.165) is 32.4 Å². The third-order valence-electron chi connectivity index (χ3n) is 3.34. The number of piperidine rings is 1. The summed E-state index contributed by atoms with van der Waals surface area (Å²) in [5.41, 5.74) is -4.09. The fourth-order valence-electron chi connectivity index (χ4n) is 2.37. The molecule has 1 aliphatic rings. The summed E-state index contributed by atoms with van der Waals surface area (Å²) in [5, 5.41) is 3.49. The van der Waals surface area contributed by atoms with Crippen LogP contribution in [-0.2, 0) is 0 Å². The minimum absolute atomic E-state index is 0.0866. The fraction of sp³-hybridized carbons (Fsp3) is 1.00. The summed E-state index contributed by atoms with van der Waals surface area (Å²) in [5.74, 6) is 0.140. The van der Waals surface area contributed by atoms with Crippen molar-refractivity contribution in [2.45, 2.75) is 50.7 Å². The summed E-state index contributed by atoms with van der Waals surface area (Å²) in [7, 11) is 0. The maximum atomic E-state index is 12.0. The second kappa shape index (κ2) is 7.60. The Morgan fingerprint density at radius 2 is 2.11 bits per heavy atom. The van der Waals surface area contributed by atoms with Crippen molar-refractivity contribution in [2.75, 3.05) is 25.4 Å². The van der Waals surface area contributed by atoms with Crippen molar-refractivity contribution in [3.63, 3.8) is 0 Å². The van der Waals surface area contributed by atoms with E-state index >= 15 is 0 Å². The van der Waals surface area contributed by atoms with Crippen LogP contribution in [0.3, 0.4) is 0 Å². The lowest BCUT2D eigenvalue weighted by Gasteiger charge is -2.38. The van der Waals surface area contributed by atoms with E-state index in [4.69, 9.17) is 0 Å². The molecule has 0 amide bonds. The quantitative estimate of drug-likeness (QED) is 0.807. The van der Waals surface area contributed by atoms with Crippen molar-refractivity contribution in [1.82, 2.24) is 10.2 Å². The average Bonchev–Trinajstić information content (AvgIpc) is 2.27. The number of alkyl halides is 3. The number of thioether (sulfide) groups is 1. The van der Waals surface area contributed by atoms with Crippen molar-refractivity contribution in [3.8, 4) is 0 Å². The van der Waals surface area contributed by atoms with E-state index in [0.29, 0.717) is 18.6 Å². The molecule has 1 N–H and O–H groups in total. The molecule has 0 spiro atoms. The summed E-state index contributed by atoms with van der Waals surface area (Å²) >= 11 is 0.0866. The molecule has 2 nitrogen and oxygen atoms in total. The first-order valence-electron chi connectivity index (χ1n) is 6.60. The molecule has 6 heteroatoms. The Labute approximate surface area is 112 Å². The first-order valence-corrected chi connectivity index (χ1v) is 7.59. The van der Waals surface area contributed by atoms with Gasteiger partial charge in [-0.25, -0.2) is 0 Å². The zero-order chi connectivity index (χ0) is 13.6. The number of nitrogens with one attached hydrogen (secondary N) is 1. The van der Waals surface area contributed by atoms with Gasteiger partial charge in [0.1, 0.15) is 0 Å². The molecule has 2 atom stereocenters. The molecule has 1 rings (SSSR count). The molecule has 0 aliphatic carbocycles. The van der Waals surface area contributed by atoms with Crippen LogP contribution in [0.1, 0.15) is 33.1 Å². The number of hydrogen-bond donors (Lipinski definition) is 1. The van der Waals surface area contributed by atoms with E-state index in [9.17, 15) is 13.2 Å². The Morgan fingerprint density at radius 1 is 1.39 bits per heavy atom. The van der Waals surface area contributed by atoms with Crippen LogP contribution in [0.4, 0.5) is 13.2 Å². The number of rotatable bonds is 6. The highest BCUT2D eigenvalue weighted by atomic mass is 32.2. The highest BCUT2D eigenvalue weighted by Gasteiger charge is 2.29. The molecule has 0 saturated carbocycles. The van der Waals surface area contributed by atoms with E-state index in [1.165, 1.54) is 0 Å². The van der Waals surface area contributed by atoms with Crippen molar-refractivity contribution in [2.24, 2.45) is 0 Å². The van der Waals surface area contributed by atoms with Crippen LogP contribution in [0.25, 0.3) is 0 Å². The summed E-state index contributed by atoms with van der Waals surface area (Å²) in [6.07, 6.45) is 3.20. The Morgan fingerprint density at radius 3 is 2.67 bits per heavy atom. The lowest BCUT2D eigenvalue weighted by molar-refractivity contribution is -0.0329. The average molecular weight is 284 g/mol. The van der Waals surface area contributed by atoms with Crippen molar-refractivity contribution in [3.05, 3.63) is 0 Å². The second-order valence-electron chi connectivity index (χ2n) is 4.85. The van der Waals surface area contributed by atoms with Gasteiger partial charge in [0, 0.05) is 24.4 Å². The molecular weight excluding hydrogens is 261 g/mol. The molecule has 1 fully saturated rings. The predicted molar refractivity (Wildman–Crippen MR) is 70.9 cm³/mol. The molecule has 0 aromatic heterocycles. The molecule has 18 heavy (non-hydrogen) atoms. The molecule has 0 radical (unpaired) electrons.